The number of nitrogens with one attached hydrogen (secondary N) is 1. The number of aromatic nitrogens is 2. The first-order valence-electron chi connectivity index (χ1n) is 8.78. The molecule has 0 atom stereocenters. The number of H-pyrrole nitrogens is 1. The molecule has 140 valence electrons. The molecule has 2 aromatic heterocycles. The number of carbonyl (C=O) groups excluding carboxylic acids is 1. The monoisotopic (exact) mass is 376 g/mol. The van der Waals surface area contributed by atoms with E-state index in [0.29, 0.717) is 5.69 Å². The number of pyridine rings is 1. The van der Waals surface area contributed by atoms with Gasteiger partial charge in [-0.3, -0.25) is 9.78 Å². The largest absolute Gasteiger partial charge is 0.356 e. The van der Waals surface area contributed by atoms with Crippen LogP contribution >= 0.6 is 0 Å². The van der Waals surface area contributed by atoms with Crippen molar-refractivity contribution in [2.75, 3.05) is 13.1 Å². The Balaban J connectivity index is 1.84. The van der Waals surface area contributed by atoms with Crippen LogP contribution in [0.1, 0.15) is 42.7 Å². The molecule has 8 heteroatoms. The molecule has 1 aliphatic rings. The highest BCUT2D eigenvalue weighted by Gasteiger charge is 2.30. The smallest absolute Gasteiger partial charge is 0.270 e. The molecule has 0 bridgehead atoms. The van der Waals surface area contributed by atoms with E-state index < -0.39 is 10.0 Å². The number of likely N-dealkylation sites (tertiary alicyclic amines) is 1. The first-order valence-corrected chi connectivity index (χ1v) is 10.2. The Hall–Kier alpha value is -2.19. The quantitative estimate of drug-likeness (QED) is 0.838. The average molecular weight is 376 g/mol. The number of hydrogen-bond donors (Lipinski definition) is 1. The van der Waals surface area contributed by atoms with Gasteiger partial charge in [0.15, 0.2) is 0 Å². The third-order valence-corrected chi connectivity index (χ3v) is 6.52. The summed E-state index contributed by atoms with van der Waals surface area (Å²) in [4.78, 5) is 21.2. The third-order valence-electron chi connectivity index (χ3n) is 4.52. The number of sulfonamides is 1. The van der Waals surface area contributed by atoms with Crippen LogP contribution in [0.15, 0.2) is 41.7 Å². The number of nitrogens with zero attached hydrogens (tertiary/aromatic N) is 3. The Labute approximate surface area is 154 Å². The van der Waals surface area contributed by atoms with Crippen LogP contribution in [-0.2, 0) is 16.6 Å². The van der Waals surface area contributed by atoms with Crippen LogP contribution in [0.2, 0.25) is 0 Å². The van der Waals surface area contributed by atoms with Gasteiger partial charge in [-0.15, -0.1) is 0 Å². The molecule has 1 N–H and O–H groups in total. The molecule has 26 heavy (non-hydrogen) atoms. The van der Waals surface area contributed by atoms with E-state index in [0.717, 1.165) is 31.5 Å². The molecule has 7 nitrogen and oxygen atoms in total. The van der Waals surface area contributed by atoms with Gasteiger partial charge in [0.2, 0.25) is 10.0 Å². The Kier molecular flexibility index (Phi) is 5.43. The summed E-state index contributed by atoms with van der Waals surface area (Å²) < 4.78 is 27.6. The summed E-state index contributed by atoms with van der Waals surface area (Å²) in [6.45, 7) is 5.33. The zero-order valence-corrected chi connectivity index (χ0v) is 15.9. The third kappa shape index (κ3) is 3.81. The highest BCUT2D eigenvalue weighted by atomic mass is 32.2. The fourth-order valence-electron chi connectivity index (χ4n) is 3.09. The van der Waals surface area contributed by atoms with Crippen molar-refractivity contribution in [1.82, 2.24) is 19.2 Å². The first kappa shape index (κ1) is 18.6. The molecule has 1 amide bonds. The Morgan fingerprint density at radius 3 is 2.69 bits per heavy atom. The van der Waals surface area contributed by atoms with Crippen molar-refractivity contribution in [1.29, 1.82) is 0 Å². The van der Waals surface area contributed by atoms with Gasteiger partial charge in [0.1, 0.15) is 10.6 Å². The fourth-order valence-corrected chi connectivity index (χ4v) is 4.71. The Bertz CT molecular complexity index is 856. The summed E-state index contributed by atoms with van der Waals surface area (Å²) in [5.74, 6) is -0.146. The van der Waals surface area contributed by atoms with Crippen molar-refractivity contribution >= 4 is 15.9 Å². The maximum Gasteiger partial charge on any atom is 0.270 e. The van der Waals surface area contributed by atoms with E-state index in [1.165, 1.54) is 16.6 Å². The van der Waals surface area contributed by atoms with Crippen molar-refractivity contribution in [3.05, 3.63) is 48.0 Å². The van der Waals surface area contributed by atoms with Gasteiger partial charge in [-0.1, -0.05) is 6.07 Å². The second kappa shape index (κ2) is 7.59. The van der Waals surface area contributed by atoms with E-state index in [1.54, 1.807) is 23.4 Å². The van der Waals surface area contributed by atoms with Gasteiger partial charge in [-0.05, 0) is 44.4 Å². The van der Waals surface area contributed by atoms with Crippen LogP contribution < -0.4 is 0 Å². The van der Waals surface area contributed by atoms with Crippen molar-refractivity contribution in [2.24, 2.45) is 0 Å². The second-order valence-electron chi connectivity index (χ2n) is 6.75. The fraction of sp³-hybridized carbons (Fsp3) is 0.444. The van der Waals surface area contributed by atoms with Crippen LogP contribution in [0.25, 0.3) is 0 Å². The zero-order valence-electron chi connectivity index (χ0n) is 15.1. The van der Waals surface area contributed by atoms with Crippen LogP contribution in [0, 0.1) is 0 Å². The molecule has 0 saturated carbocycles. The van der Waals surface area contributed by atoms with E-state index in [1.807, 2.05) is 19.9 Å². The zero-order chi connectivity index (χ0) is 18.7. The van der Waals surface area contributed by atoms with Crippen molar-refractivity contribution in [3.63, 3.8) is 0 Å². The van der Waals surface area contributed by atoms with E-state index in [9.17, 15) is 13.2 Å². The summed E-state index contributed by atoms with van der Waals surface area (Å²) in [5.41, 5.74) is 1.13. The minimum atomic E-state index is -3.73. The maximum atomic E-state index is 13.1. The second-order valence-corrected chi connectivity index (χ2v) is 8.64. The molecule has 0 unspecified atom stereocenters. The lowest BCUT2D eigenvalue weighted by Crippen LogP contribution is -2.36. The molecule has 0 radical (unpaired) electrons. The van der Waals surface area contributed by atoms with Gasteiger partial charge < -0.3 is 9.88 Å². The van der Waals surface area contributed by atoms with E-state index in [2.05, 4.69) is 9.97 Å². The average Bonchev–Trinajstić information content (AvgIpc) is 3.31. The van der Waals surface area contributed by atoms with Gasteiger partial charge in [0, 0.05) is 44.3 Å². The van der Waals surface area contributed by atoms with Crippen LogP contribution in [0.4, 0.5) is 0 Å². The molecular formula is C18H24N4O3S. The van der Waals surface area contributed by atoms with Gasteiger partial charge in [0.25, 0.3) is 5.91 Å². The standard InChI is InChI=1S/C18H24N4O3S/c1-14(2)22(13-15-6-5-7-19-11-15)26(24,25)16-10-17(20-12-16)18(23)21-8-3-4-9-21/h5-7,10-12,14,20H,3-4,8-9,13H2,1-2H3. The number of hydrogen-bond acceptors (Lipinski definition) is 4. The molecule has 1 fully saturated rings. The van der Waals surface area contributed by atoms with E-state index >= 15 is 0 Å². The van der Waals surface area contributed by atoms with Crippen molar-refractivity contribution in [2.45, 2.75) is 44.2 Å². The minimum absolute atomic E-state index is 0.109. The topological polar surface area (TPSA) is 86.4 Å². The lowest BCUT2D eigenvalue weighted by atomic mass is 10.2. The Morgan fingerprint density at radius 2 is 2.08 bits per heavy atom. The van der Waals surface area contributed by atoms with Gasteiger partial charge >= 0.3 is 0 Å². The number of aromatic amines is 1. The molecule has 3 heterocycles. The molecular weight excluding hydrogens is 352 g/mol. The summed E-state index contributed by atoms with van der Waals surface area (Å²) in [6.07, 6.45) is 6.69. The molecule has 3 rings (SSSR count). The molecule has 1 aliphatic heterocycles. The van der Waals surface area contributed by atoms with Crippen molar-refractivity contribution in [3.8, 4) is 0 Å². The maximum absolute atomic E-state index is 13.1. The number of carbonyl (C=O) groups is 1. The minimum Gasteiger partial charge on any atom is -0.356 e. The SMILES string of the molecule is CC(C)N(Cc1cccnc1)S(=O)(=O)c1c[nH]c(C(=O)N2CCCC2)c1. The lowest BCUT2D eigenvalue weighted by Gasteiger charge is -2.25. The summed E-state index contributed by atoms with van der Waals surface area (Å²) in [7, 11) is -3.73. The van der Waals surface area contributed by atoms with Crippen LogP contribution in [-0.4, -0.2) is 52.6 Å². The van der Waals surface area contributed by atoms with Gasteiger partial charge in [-0.25, -0.2) is 8.42 Å². The lowest BCUT2D eigenvalue weighted by molar-refractivity contribution is 0.0787. The predicted octanol–water partition coefficient (Wildman–Crippen LogP) is 2.25. The molecule has 0 spiro atoms. The van der Waals surface area contributed by atoms with Crippen LogP contribution in [0.5, 0.6) is 0 Å². The highest BCUT2D eigenvalue weighted by Crippen LogP contribution is 2.22. The summed E-state index contributed by atoms with van der Waals surface area (Å²) in [6, 6.07) is 4.84. The van der Waals surface area contributed by atoms with Gasteiger partial charge in [-0.2, -0.15) is 4.31 Å². The summed E-state index contributed by atoms with van der Waals surface area (Å²) in [5, 5.41) is 0. The molecule has 2 aromatic rings. The summed E-state index contributed by atoms with van der Waals surface area (Å²) >= 11 is 0. The van der Waals surface area contributed by atoms with Crippen LogP contribution in [0.3, 0.4) is 0 Å². The van der Waals surface area contributed by atoms with E-state index in [-0.39, 0.29) is 23.4 Å². The molecule has 1 saturated heterocycles. The first-order chi connectivity index (χ1) is 12.4. The normalized spacial score (nSPS) is 15.2. The molecule has 0 aromatic carbocycles. The number of amides is 1. The highest BCUT2D eigenvalue weighted by molar-refractivity contribution is 7.89. The predicted molar refractivity (Wildman–Crippen MR) is 98.0 cm³/mol. The molecule has 0 aliphatic carbocycles. The van der Waals surface area contributed by atoms with E-state index in [4.69, 9.17) is 0 Å². The van der Waals surface area contributed by atoms with Gasteiger partial charge in [0.05, 0.1) is 0 Å². The van der Waals surface area contributed by atoms with Crippen molar-refractivity contribution < 1.29 is 13.2 Å². The number of rotatable bonds is 6. The Morgan fingerprint density at radius 1 is 1.35 bits per heavy atom.